The van der Waals surface area contributed by atoms with E-state index in [0.29, 0.717) is 18.4 Å². The maximum absolute atomic E-state index is 12.7. The highest BCUT2D eigenvalue weighted by Crippen LogP contribution is 2.37. The number of nitrogens with two attached hydrogens (primary N) is 1. The van der Waals surface area contributed by atoms with Crippen molar-refractivity contribution >= 4 is 11.6 Å². The molecule has 1 heterocycles. The molecule has 0 radical (unpaired) electrons. The SMILES string of the molecule is CC(CC(=O)N1CCC2CCCCC21)c1ccc(N)cc1. The second-order valence-corrected chi connectivity index (χ2v) is 6.76. The van der Waals surface area contributed by atoms with E-state index < -0.39 is 0 Å². The number of carbonyl (C=O) groups excluding carboxylic acids is 1. The Morgan fingerprint density at radius 3 is 2.71 bits per heavy atom. The van der Waals surface area contributed by atoms with Gasteiger partial charge in [-0.2, -0.15) is 0 Å². The van der Waals surface area contributed by atoms with Gasteiger partial charge >= 0.3 is 0 Å². The van der Waals surface area contributed by atoms with Gasteiger partial charge in [-0.15, -0.1) is 0 Å². The zero-order chi connectivity index (χ0) is 14.8. The summed E-state index contributed by atoms with van der Waals surface area (Å²) < 4.78 is 0. The highest BCUT2D eigenvalue weighted by molar-refractivity contribution is 5.77. The van der Waals surface area contributed by atoms with Crippen LogP contribution in [0.25, 0.3) is 0 Å². The zero-order valence-electron chi connectivity index (χ0n) is 12.9. The van der Waals surface area contributed by atoms with Gasteiger partial charge in [0.2, 0.25) is 5.91 Å². The molecular formula is C18H26N2O. The van der Waals surface area contributed by atoms with E-state index in [1.54, 1.807) is 0 Å². The van der Waals surface area contributed by atoms with Gasteiger partial charge in [-0.3, -0.25) is 4.79 Å². The van der Waals surface area contributed by atoms with Crippen molar-refractivity contribution in [2.45, 2.75) is 57.4 Å². The van der Waals surface area contributed by atoms with E-state index in [4.69, 9.17) is 5.73 Å². The van der Waals surface area contributed by atoms with E-state index in [-0.39, 0.29) is 5.92 Å². The fraction of sp³-hybridized carbons (Fsp3) is 0.611. The van der Waals surface area contributed by atoms with Crippen molar-refractivity contribution in [2.75, 3.05) is 12.3 Å². The van der Waals surface area contributed by atoms with Crippen molar-refractivity contribution in [3.63, 3.8) is 0 Å². The minimum absolute atomic E-state index is 0.265. The minimum Gasteiger partial charge on any atom is -0.399 e. The molecule has 2 N–H and O–H groups in total. The molecule has 0 bridgehead atoms. The zero-order valence-corrected chi connectivity index (χ0v) is 12.9. The fourth-order valence-corrected chi connectivity index (χ4v) is 4.04. The van der Waals surface area contributed by atoms with Crippen LogP contribution < -0.4 is 5.73 Å². The van der Waals surface area contributed by atoms with Crippen LogP contribution in [0.2, 0.25) is 0 Å². The predicted octanol–water partition coefficient (Wildman–Crippen LogP) is 3.55. The fourth-order valence-electron chi connectivity index (χ4n) is 4.04. The molecule has 1 aliphatic carbocycles. The number of likely N-dealkylation sites (tertiary alicyclic amines) is 1. The molecule has 0 spiro atoms. The van der Waals surface area contributed by atoms with Crippen LogP contribution in [0.15, 0.2) is 24.3 Å². The minimum atomic E-state index is 0.265. The van der Waals surface area contributed by atoms with Crippen LogP contribution in [-0.4, -0.2) is 23.4 Å². The van der Waals surface area contributed by atoms with Crippen molar-refractivity contribution in [2.24, 2.45) is 5.92 Å². The molecular weight excluding hydrogens is 260 g/mol. The van der Waals surface area contributed by atoms with Gasteiger partial charge in [-0.1, -0.05) is 31.9 Å². The molecule has 1 saturated heterocycles. The Labute approximate surface area is 127 Å². The Hall–Kier alpha value is -1.51. The molecule has 0 aromatic heterocycles. The maximum atomic E-state index is 12.7. The lowest BCUT2D eigenvalue weighted by molar-refractivity contribution is -0.133. The normalized spacial score (nSPS) is 26.4. The van der Waals surface area contributed by atoms with Gasteiger partial charge in [0.1, 0.15) is 0 Å². The van der Waals surface area contributed by atoms with Gasteiger partial charge in [-0.05, 0) is 48.8 Å². The van der Waals surface area contributed by atoms with Crippen LogP contribution in [0.1, 0.15) is 56.9 Å². The number of nitrogens with zero attached hydrogens (tertiary/aromatic N) is 1. The summed E-state index contributed by atoms with van der Waals surface area (Å²) in [4.78, 5) is 14.8. The highest BCUT2D eigenvalue weighted by atomic mass is 16.2. The molecule has 3 unspecified atom stereocenters. The lowest BCUT2D eigenvalue weighted by Gasteiger charge is -2.32. The number of nitrogen functional groups attached to an aromatic ring is 1. The van der Waals surface area contributed by atoms with E-state index in [1.165, 1.54) is 37.7 Å². The number of hydrogen-bond acceptors (Lipinski definition) is 2. The van der Waals surface area contributed by atoms with E-state index in [1.807, 2.05) is 24.3 Å². The van der Waals surface area contributed by atoms with Gasteiger partial charge in [0.15, 0.2) is 0 Å². The second-order valence-electron chi connectivity index (χ2n) is 6.76. The third-order valence-corrected chi connectivity index (χ3v) is 5.32. The highest BCUT2D eigenvalue weighted by Gasteiger charge is 2.38. The van der Waals surface area contributed by atoms with Gasteiger partial charge in [-0.25, -0.2) is 0 Å². The van der Waals surface area contributed by atoms with Crippen LogP contribution in [0.3, 0.4) is 0 Å². The average Bonchev–Trinajstić information content (AvgIpc) is 2.92. The van der Waals surface area contributed by atoms with Crippen LogP contribution in [-0.2, 0) is 4.79 Å². The first kappa shape index (κ1) is 14.4. The summed E-state index contributed by atoms with van der Waals surface area (Å²) in [5.74, 6) is 1.38. The van der Waals surface area contributed by atoms with Crippen molar-refractivity contribution in [1.82, 2.24) is 4.90 Å². The molecule has 3 atom stereocenters. The summed E-state index contributed by atoms with van der Waals surface area (Å²) in [5, 5.41) is 0. The number of hydrogen-bond donors (Lipinski definition) is 1. The Bertz CT molecular complexity index is 496. The number of fused-ring (bicyclic) bond motifs is 1. The summed E-state index contributed by atoms with van der Waals surface area (Å²) in [5.41, 5.74) is 7.71. The number of amides is 1. The Morgan fingerprint density at radius 2 is 1.95 bits per heavy atom. The van der Waals surface area contributed by atoms with E-state index in [2.05, 4.69) is 11.8 Å². The van der Waals surface area contributed by atoms with Crippen molar-refractivity contribution in [3.05, 3.63) is 29.8 Å². The maximum Gasteiger partial charge on any atom is 0.223 e. The molecule has 2 aliphatic rings. The summed E-state index contributed by atoms with van der Waals surface area (Å²) in [6.07, 6.45) is 7.01. The molecule has 114 valence electrons. The molecule has 1 aromatic carbocycles. The molecule has 1 aliphatic heterocycles. The molecule has 1 saturated carbocycles. The number of anilines is 1. The lowest BCUT2D eigenvalue weighted by Crippen LogP contribution is -2.39. The topological polar surface area (TPSA) is 46.3 Å². The number of carbonyl (C=O) groups is 1. The first-order valence-electron chi connectivity index (χ1n) is 8.30. The molecule has 3 nitrogen and oxygen atoms in total. The first-order chi connectivity index (χ1) is 10.1. The van der Waals surface area contributed by atoms with E-state index >= 15 is 0 Å². The Balaban J connectivity index is 1.62. The van der Waals surface area contributed by atoms with Crippen molar-refractivity contribution in [1.29, 1.82) is 0 Å². The Kier molecular flexibility index (Phi) is 4.18. The van der Waals surface area contributed by atoms with Crippen LogP contribution in [0.5, 0.6) is 0 Å². The monoisotopic (exact) mass is 286 g/mol. The van der Waals surface area contributed by atoms with Crippen LogP contribution in [0.4, 0.5) is 5.69 Å². The molecule has 1 amide bonds. The van der Waals surface area contributed by atoms with E-state index in [9.17, 15) is 4.79 Å². The van der Waals surface area contributed by atoms with Gasteiger partial charge in [0.25, 0.3) is 0 Å². The summed E-state index contributed by atoms with van der Waals surface area (Å²) >= 11 is 0. The third-order valence-electron chi connectivity index (χ3n) is 5.32. The van der Waals surface area contributed by atoms with Crippen LogP contribution >= 0.6 is 0 Å². The summed E-state index contributed by atoms with van der Waals surface area (Å²) in [6.45, 7) is 3.11. The second kappa shape index (κ2) is 6.08. The predicted molar refractivity (Wildman–Crippen MR) is 86.0 cm³/mol. The lowest BCUT2D eigenvalue weighted by atomic mass is 9.85. The summed E-state index contributed by atoms with van der Waals surface area (Å²) in [7, 11) is 0. The number of benzene rings is 1. The van der Waals surface area contributed by atoms with Gasteiger partial charge in [0.05, 0.1) is 0 Å². The summed E-state index contributed by atoms with van der Waals surface area (Å²) in [6, 6.07) is 8.46. The molecule has 2 fully saturated rings. The molecule has 21 heavy (non-hydrogen) atoms. The van der Waals surface area contributed by atoms with Crippen molar-refractivity contribution < 1.29 is 4.79 Å². The average molecular weight is 286 g/mol. The largest absolute Gasteiger partial charge is 0.399 e. The Morgan fingerprint density at radius 1 is 1.24 bits per heavy atom. The quantitative estimate of drug-likeness (QED) is 0.864. The third kappa shape index (κ3) is 3.07. The van der Waals surface area contributed by atoms with E-state index in [0.717, 1.165) is 18.2 Å². The molecule has 1 aromatic rings. The molecule has 3 rings (SSSR count). The van der Waals surface area contributed by atoms with Crippen molar-refractivity contribution in [3.8, 4) is 0 Å². The standard InChI is InChI=1S/C18H26N2O/c1-13(14-6-8-16(19)9-7-14)12-18(21)20-11-10-15-4-2-3-5-17(15)20/h6-9,13,15,17H,2-5,10-12,19H2,1H3. The van der Waals surface area contributed by atoms with Crippen LogP contribution in [0, 0.1) is 5.92 Å². The smallest absolute Gasteiger partial charge is 0.223 e. The van der Waals surface area contributed by atoms with Gasteiger partial charge in [0, 0.05) is 24.7 Å². The molecule has 3 heteroatoms. The number of rotatable bonds is 3. The first-order valence-corrected chi connectivity index (χ1v) is 8.30. The van der Waals surface area contributed by atoms with Gasteiger partial charge < -0.3 is 10.6 Å².